The normalized spacial score (nSPS) is 34.1. The Kier molecular flexibility index (Phi) is 4.42. The minimum absolute atomic E-state index is 0.117. The van der Waals surface area contributed by atoms with E-state index in [1.165, 1.54) is 12.0 Å². The van der Waals surface area contributed by atoms with E-state index in [-0.39, 0.29) is 5.54 Å². The summed E-state index contributed by atoms with van der Waals surface area (Å²) in [4.78, 5) is 4.25. The van der Waals surface area contributed by atoms with Gasteiger partial charge in [0.1, 0.15) is 0 Å². The Hall–Kier alpha value is -0.420. The monoisotopic (exact) mass is 308 g/mol. The zero-order valence-corrected chi connectivity index (χ0v) is 14.3. The van der Waals surface area contributed by atoms with Crippen LogP contribution < -0.4 is 5.73 Å². The molecule has 0 radical (unpaired) electrons. The molecule has 0 aromatic carbocycles. The van der Waals surface area contributed by atoms with Crippen LogP contribution in [0.5, 0.6) is 0 Å². The number of hydrogen-bond donors (Lipinski definition) is 1. The van der Waals surface area contributed by atoms with Crippen LogP contribution in [0.3, 0.4) is 0 Å². The highest BCUT2D eigenvalue weighted by Crippen LogP contribution is 2.42. The molecule has 2 aliphatic heterocycles. The summed E-state index contributed by atoms with van der Waals surface area (Å²) in [5.74, 6) is 0.563. The summed E-state index contributed by atoms with van der Waals surface area (Å²) in [7, 11) is 0. The number of nitrogens with zero attached hydrogens (tertiary/aromatic N) is 1. The summed E-state index contributed by atoms with van der Waals surface area (Å²) >= 11 is 1.91. The van der Waals surface area contributed by atoms with Crippen LogP contribution in [-0.4, -0.2) is 36.2 Å². The number of nitrogens with two attached hydrogens (primary N) is 1. The molecular weight excluding hydrogens is 280 g/mol. The van der Waals surface area contributed by atoms with Crippen LogP contribution in [0.2, 0.25) is 0 Å². The second-order valence-electron chi connectivity index (χ2n) is 6.95. The van der Waals surface area contributed by atoms with Gasteiger partial charge in [0.05, 0.1) is 6.10 Å². The van der Waals surface area contributed by atoms with E-state index in [2.05, 4.69) is 37.1 Å². The average Bonchev–Trinajstić information content (AvgIpc) is 2.97. The van der Waals surface area contributed by atoms with Crippen molar-refractivity contribution in [3.8, 4) is 0 Å². The molecule has 21 heavy (non-hydrogen) atoms. The first kappa shape index (κ1) is 15.5. The van der Waals surface area contributed by atoms with Gasteiger partial charge in [-0.1, -0.05) is 13.8 Å². The third-order valence-corrected chi connectivity index (χ3v) is 6.49. The maximum absolute atomic E-state index is 6.29. The highest BCUT2D eigenvalue weighted by molar-refractivity contribution is 7.10. The van der Waals surface area contributed by atoms with Crippen molar-refractivity contribution in [2.24, 2.45) is 11.7 Å². The third-order valence-electron chi connectivity index (χ3n) is 5.49. The molecule has 118 valence electrons. The Bertz CT molecular complexity index is 487. The summed E-state index contributed by atoms with van der Waals surface area (Å²) in [5, 5.41) is 2.24. The number of hydrogen-bond acceptors (Lipinski definition) is 4. The van der Waals surface area contributed by atoms with Crippen LogP contribution in [-0.2, 0) is 11.2 Å². The molecule has 1 fully saturated rings. The number of ether oxygens (including phenoxy) is 1. The first-order chi connectivity index (χ1) is 10.1. The maximum atomic E-state index is 6.29. The van der Waals surface area contributed by atoms with Gasteiger partial charge in [-0.05, 0) is 49.1 Å². The summed E-state index contributed by atoms with van der Waals surface area (Å²) in [6.07, 6.45) is 3.66. The Morgan fingerprint density at radius 2 is 2.33 bits per heavy atom. The van der Waals surface area contributed by atoms with E-state index in [4.69, 9.17) is 10.5 Å². The zero-order valence-electron chi connectivity index (χ0n) is 13.5. The standard InChI is InChI=1S/C17H28N2OS/c1-12(2)15-10-17(11-18,6-8-20-15)19-7-4-16-14(13(19)3)5-9-21-16/h5,9,12-13,15H,4,6-8,10-11,18H2,1-3H3. The Balaban J connectivity index is 1.86. The van der Waals surface area contributed by atoms with E-state index < -0.39 is 0 Å². The average molecular weight is 308 g/mol. The lowest BCUT2D eigenvalue weighted by molar-refractivity contribution is -0.0988. The van der Waals surface area contributed by atoms with Crippen LogP contribution >= 0.6 is 11.3 Å². The number of fused-ring (bicyclic) bond motifs is 1. The molecule has 1 aromatic rings. The highest BCUT2D eigenvalue weighted by atomic mass is 32.1. The van der Waals surface area contributed by atoms with Crippen molar-refractivity contribution < 1.29 is 4.74 Å². The Morgan fingerprint density at radius 1 is 1.52 bits per heavy atom. The molecule has 4 heteroatoms. The second-order valence-corrected chi connectivity index (χ2v) is 7.96. The SMILES string of the molecule is CC(C)C1CC(CN)(N2CCc3sccc3C2C)CCO1. The fourth-order valence-electron chi connectivity index (χ4n) is 4.08. The number of thiophene rings is 1. The van der Waals surface area contributed by atoms with Crippen molar-refractivity contribution in [2.45, 2.75) is 57.7 Å². The molecule has 0 spiro atoms. The first-order valence-corrected chi connectivity index (χ1v) is 9.10. The van der Waals surface area contributed by atoms with Crippen molar-refractivity contribution in [1.82, 2.24) is 4.90 Å². The van der Waals surface area contributed by atoms with Gasteiger partial charge in [0.2, 0.25) is 0 Å². The Morgan fingerprint density at radius 3 is 3.05 bits per heavy atom. The van der Waals surface area contributed by atoms with Gasteiger partial charge in [0.15, 0.2) is 0 Å². The van der Waals surface area contributed by atoms with Crippen LogP contribution in [0.1, 0.15) is 50.1 Å². The van der Waals surface area contributed by atoms with Crippen LogP contribution in [0.15, 0.2) is 11.4 Å². The molecule has 0 amide bonds. The van der Waals surface area contributed by atoms with E-state index in [1.807, 2.05) is 11.3 Å². The predicted molar refractivity (Wildman–Crippen MR) is 88.7 cm³/mol. The van der Waals surface area contributed by atoms with Gasteiger partial charge in [0.25, 0.3) is 0 Å². The van der Waals surface area contributed by atoms with Gasteiger partial charge in [-0.25, -0.2) is 0 Å². The maximum Gasteiger partial charge on any atom is 0.0616 e. The molecule has 0 saturated carbocycles. The van der Waals surface area contributed by atoms with Gasteiger partial charge in [-0.3, -0.25) is 4.90 Å². The molecule has 0 aliphatic carbocycles. The molecule has 3 heterocycles. The first-order valence-electron chi connectivity index (χ1n) is 8.22. The summed E-state index contributed by atoms with van der Waals surface area (Å²) in [6.45, 7) is 9.59. The van der Waals surface area contributed by atoms with Gasteiger partial charge in [-0.15, -0.1) is 11.3 Å². The van der Waals surface area contributed by atoms with E-state index in [0.29, 0.717) is 18.1 Å². The zero-order chi connectivity index (χ0) is 15.0. The van der Waals surface area contributed by atoms with Crippen molar-refractivity contribution in [1.29, 1.82) is 0 Å². The topological polar surface area (TPSA) is 38.5 Å². The van der Waals surface area contributed by atoms with E-state index >= 15 is 0 Å². The molecule has 3 rings (SSSR count). The lowest BCUT2D eigenvalue weighted by Gasteiger charge is -2.52. The Labute approximate surface area is 132 Å². The van der Waals surface area contributed by atoms with Crippen molar-refractivity contribution in [2.75, 3.05) is 19.7 Å². The molecule has 2 N–H and O–H groups in total. The molecule has 0 bridgehead atoms. The van der Waals surface area contributed by atoms with Crippen LogP contribution in [0, 0.1) is 5.92 Å². The molecule has 3 atom stereocenters. The fraction of sp³-hybridized carbons (Fsp3) is 0.765. The van der Waals surface area contributed by atoms with E-state index in [9.17, 15) is 0 Å². The largest absolute Gasteiger partial charge is 0.378 e. The molecule has 2 aliphatic rings. The van der Waals surface area contributed by atoms with Gasteiger partial charge in [-0.2, -0.15) is 0 Å². The lowest BCUT2D eigenvalue weighted by Crippen LogP contribution is -2.60. The van der Waals surface area contributed by atoms with E-state index in [0.717, 1.165) is 32.5 Å². The summed E-state index contributed by atoms with van der Waals surface area (Å²) in [5.41, 5.74) is 7.93. The summed E-state index contributed by atoms with van der Waals surface area (Å²) < 4.78 is 6.00. The second kappa shape index (κ2) is 5.99. The van der Waals surface area contributed by atoms with Crippen molar-refractivity contribution in [3.63, 3.8) is 0 Å². The summed E-state index contributed by atoms with van der Waals surface area (Å²) in [6, 6.07) is 2.79. The third kappa shape index (κ3) is 2.67. The fourth-order valence-corrected chi connectivity index (χ4v) is 5.05. The molecule has 3 unspecified atom stereocenters. The minimum atomic E-state index is 0.117. The van der Waals surface area contributed by atoms with Crippen molar-refractivity contribution >= 4 is 11.3 Å². The lowest BCUT2D eigenvalue weighted by atomic mass is 9.79. The predicted octanol–water partition coefficient (Wildman–Crippen LogP) is 3.20. The minimum Gasteiger partial charge on any atom is -0.378 e. The van der Waals surface area contributed by atoms with Gasteiger partial charge < -0.3 is 10.5 Å². The smallest absolute Gasteiger partial charge is 0.0616 e. The number of rotatable bonds is 3. The molecule has 1 aromatic heterocycles. The van der Waals surface area contributed by atoms with Crippen molar-refractivity contribution in [3.05, 3.63) is 21.9 Å². The van der Waals surface area contributed by atoms with Crippen LogP contribution in [0.25, 0.3) is 0 Å². The van der Waals surface area contributed by atoms with E-state index in [1.54, 1.807) is 4.88 Å². The van der Waals surface area contributed by atoms with Gasteiger partial charge >= 0.3 is 0 Å². The molecule has 3 nitrogen and oxygen atoms in total. The molecule has 1 saturated heterocycles. The quantitative estimate of drug-likeness (QED) is 0.932. The highest BCUT2D eigenvalue weighted by Gasteiger charge is 2.45. The van der Waals surface area contributed by atoms with Crippen LogP contribution in [0.4, 0.5) is 0 Å². The van der Waals surface area contributed by atoms with Gasteiger partial charge in [0, 0.05) is 36.2 Å². The molecular formula is C17H28N2OS.